The third-order valence-corrected chi connectivity index (χ3v) is 4.81. The molecule has 0 radical (unpaired) electrons. The van der Waals surface area contributed by atoms with Crippen molar-refractivity contribution in [3.63, 3.8) is 0 Å². The molecule has 0 saturated carbocycles. The fraction of sp³-hybridized carbons (Fsp3) is 0.400. The van der Waals surface area contributed by atoms with Gasteiger partial charge in [-0.3, -0.25) is 9.59 Å². The Morgan fingerprint density at radius 2 is 1.78 bits per heavy atom. The van der Waals surface area contributed by atoms with Crippen molar-refractivity contribution >= 4 is 11.8 Å². The van der Waals surface area contributed by atoms with Crippen LogP contribution in [0.5, 0.6) is 11.5 Å². The van der Waals surface area contributed by atoms with E-state index < -0.39 is 0 Å². The van der Waals surface area contributed by atoms with Gasteiger partial charge in [0, 0.05) is 19.0 Å². The zero-order valence-corrected chi connectivity index (χ0v) is 15.6. The zero-order valence-electron chi connectivity index (χ0n) is 15.6. The van der Waals surface area contributed by atoms with E-state index in [1.807, 2.05) is 6.07 Å². The molecule has 1 aliphatic heterocycles. The Morgan fingerprint density at radius 3 is 2.33 bits per heavy atom. The summed E-state index contributed by atoms with van der Waals surface area (Å²) in [4.78, 5) is 27.1. The monoisotopic (exact) mass is 372 g/mol. The Morgan fingerprint density at radius 1 is 1.11 bits per heavy atom. The van der Waals surface area contributed by atoms with Crippen LogP contribution in [-0.2, 0) is 11.3 Å². The molecule has 1 fully saturated rings. The first-order chi connectivity index (χ1) is 13.1. The molecule has 27 heavy (non-hydrogen) atoms. The molecule has 3 rings (SSSR count). The molecule has 7 nitrogen and oxygen atoms in total. The number of methoxy groups -OCH3 is 2. The van der Waals surface area contributed by atoms with Gasteiger partial charge >= 0.3 is 0 Å². The van der Waals surface area contributed by atoms with Gasteiger partial charge < -0.3 is 24.1 Å². The summed E-state index contributed by atoms with van der Waals surface area (Å²) in [5, 5.41) is 2.89. The van der Waals surface area contributed by atoms with Gasteiger partial charge in [-0.05, 0) is 37.1 Å². The van der Waals surface area contributed by atoms with Crippen molar-refractivity contribution in [3.05, 3.63) is 47.9 Å². The van der Waals surface area contributed by atoms with Crippen molar-refractivity contribution in [2.75, 3.05) is 27.3 Å². The second-order valence-electron chi connectivity index (χ2n) is 6.40. The van der Waals surface area contributed by atoms with Crippen LogP contribution >= 0.6 is 0 Å². The predicted molar refractivity (Wildman–Crippen MR) is 98.7 cm³/mol. The molecule has 0 aliphatic carbocycles. The first-order valence-corrected chi connectivity index (χ1v) is 8.94. The SMILES string of the molecule is COc1cccc(OC)c1C(=O)N1CCC(C(=O)NCc2ccco2)CC1. The second kappa shape index (κ2) is 8.62. The van der Waals surface area contributed by atoms with Gasteiger partial charge in [-0.25, -0.2) is 0 Å². The van der Waals surface area contributed by atoms with Gasteiger partial charge in [-0.2, -0.15) is 0 Å². The largest absolute Gasteiger partial charge is 0.496 e. The van der Waals surface area contributed by atoms with E-state index in [0.717, 1.165) is 5.76 Å². The zero-order chi connectivity index (χ0) is 19.2. The quantitative estimate of drug-likeness (QED) is 0.842. The summed E-state index contributed by atoms with van der Waals surface area (Å²) in [6.07, 6.45) is 2.82. The van der Waals surface area contributed by atoms with E-state index in [4.69, 9.17) is 13.9 Å². The molecular formula is C20H24N2O5. The smallest absolute Gasteiger partial charge is 0.261 e. The molecule has 2 aromatic rings. The maximum absolute atomic E-state index is 13.0. The lowest BCUT2D eigenvalue weighted by molar-refractivity contribution is -0.126. The Hall–Kier alpha value is -2.96. The molecular weight excluding hydrogens is 348 g/mol. The van der Waals surface area contributed by atoms with Crippen molar-refractivity contribution in [2.24, 2.45) is 5.92 Å². The van der Waals surface area contributed by atoms with Crippen LogP contribution < -0.4 is 14.8 Å². The van der Waals surface area contributed by atoms with E-state index in [1.54, 1.807) is 35.4 Å². The first-order valence-electron chi connectivity index (χ1n) is 8.94. The van der Waals surface area contributed by atoms with Crippen LogP contribution in [0.25, 0.3) is 0 Å². The van der Waals surface area contributed by atoms with Gasteiger partial charge in [0.15, 0.2) is 0 Å². The Kier molecular flexibility index (Phi) is 6.01. The number of carbonyl (C=O) groups excluding carboxylic acids is 2. The average molecular weight is 372 g/mol. The molecule has 0 atom stereocenters. The molecule has 1 aromatic heterocycles. The van der Waals surface area contributed by atoms with Gasteiger partial charge in [-0.1, -0.05) is 6.07 Å². The van der Waals surface area contributed by atoms with Gasteiger partial charge in [0.05, 0.1) is 27.0 Å². The normalized spacial score (nSPS) is 14.7. The molecule has 7 heteroatoms. The number of rotatable bonds is 6. The van der Waals surface area contributed by atoms with E-state index in [2.05, 4.69) is 5.32 Å². The molecule has 2 heterocycles. The molecule has 1 N–H and O–H groups in total. The molecule has 1 aliphatic rings. The summed E-state index contributed by atoms with van der Waals surface area (Å²) >= 11 is 0. The van der Waals surface area contributed by atoms with Gasteiger partial charge in [0.2, 0.25) is 5.91 Å². The number of amides is 2. The van der Waals surface area contributed by atoms with Crippen LogP contribution in [0.2, 0.25) is 0 Å². The third-order valence-electron chi connectivity index (χ3n) is 4.81. The molecule has 2 amide bonds. The Balaban J connectivity index is 1.59. The highest BCUT2D eigenvalue weighted by atomic mass is 16.5. The van der Waals surface area contributed by atoms with Crippen LogP contribution in [0.1, 0.15) is 29.0 Å². The highest BCUT2D eigenvalue weighted by molar-refractivity contribution is 5.99. The Labute approximate surface area is 158 Å². The lowest BCUT2D eigenvalue weighted by atomic mass is 9.95. The summed E-state index contributed by atoms with van der Waals surface area (Å²) in [6.45, 7) is 1.40. The number of hydrogen-bond donors (Lipinski definition) is 1. The van der Waals surface area contributed by atoms with Crippen molar-refractivity contribution in [1.29, 1.82) is 0 Å². The van der Waals surface area contributed by atoms with Crippen molar-refractivity contribution in [2.45, 2.75) is 19.4 Å². The van der Waals surface area contributed by atoms with E-state index in [9.17, 15) is 9.59 Å². The third kappa shape index (κ3) is 4.24. The van der Waals surface area contributed by atoms with Crippen LogP contribution in [0, 0.1) is 5.92 Å². The minimum atomic E-state index is -0.140. The van der Waals surface area contributed by atoms with Gasteiger partial charge in [0.1, 0.15) is 22.8 Å². The Bertz CT molecular complexity index is 757. The number of likely N-dealkylation sites (tertiary alicyclic amines) is 1. The molecule has 0 bridgehead atoms. The number of furan rings is 1. The summed E-state index contributed by atoms with van der Waals surface area (Å²) < 4.78 is 15.9. The fourth-order valence-corrected chi connectivity index (χ4v) is 3.30. The lowest BCUT2D eigenvalue weighted by Gasteiger charge is -2.32. The molecule has 1 aromatic carbocycles. The van der Waals surface area contributed by atoms with Crippen LogP contribution in [0.3, 0.4) is 0 Å². The van der Waals surface area contributed by atoms with Gasteiger partial charge in [-0.15, -0.1) is 0 Å². The maximum atomic E-state index is 13.0. The number of piperidine rings is 1. The molecule has 1 saturated heterocycles. The highest BCUT2D eigenvalue weighted by Gasteiger charge is 2.30. The lowest BCUT2D eigenvalue weighted by Crippen LogP contribution is -2.43. The molecule has 0 spiro atoms. The first kappa shape index (κ1) is 18.8. The van der Waals surface area contributed by atoms with E-state index in [1.165, 1.54) is 14.2 Å². The van der Waals surface area contributed by atoms with E-state index >= 15 is 0 Å². The number of hydrogen-bond acceptors (Lipinski definition) is 5. The summed E-state index contributed by atoms with van der Waals surface area (Å²) in [5.74, 6) is 1.44. The maximum Gasteiger partial charge on any atom is 0.261 e. The van der Waals surface area contributed by atoms with E-state index in [0.29, 0.717) is 49.5 Å². The van der Waals surface area contributed by atoms with Crippen molar-refractivity contribution in [3.8, 4) is 11.5 Å². The summed E-state index contributed by atoms with van der Waals surface area (Å²) in [7, 11) is 3.06. The minimum Gasteiger partial charge on any atom is -0.496 e. The summed E-state index contributed by atoms with van der Waals surface area (Å²) in [5.41, 5.74) is 0.420. The molecule has 0 unspecified atom stereocenters. The topological polar surface area (TPSA) is 81.0 Å². The number of nitrogens with zero attached hydrogens (tertiary/aromatic N) is 1. The van der Waals surface area contributed by atoms with Crippen LogP contribution in [0.4, 0.5) is 0 Å². The summed E-state index contributed by atoms with van der Waals surface area (Å²) in [6, 6.07) is 8.87. The van der Waals surface area contributed by atoms with Crippen LogP contribution in [0.15, 0.2) is 41.0 Å². The van der Waals surface area contributed by atoms with Gasteiger partial charge in [0.25, 0.3) is 5.91 Å². The molecule has 144 valence electrons. The fourth-order valence-electron chi connectivity index (χ4n) is 3.30. The highest BCUT2D eigenvalue weighted by Crippen LogP contribution is 2.31. The predicted octanol–water partition coefficient (Wildman–Crippen LogP) is 2.47. The second-order valence-corrected chi connectivity index (χ2v) is 6.40. The minimum absolute atomic E-state index is 0.00614. The number of nitrogens with one attached hydrogen (secondary N) is 1. The average Bonchev–Trinajstić information content (AvgIpc) is 3.24. The van der Waals surface area contributed by atoms with E-state index in [-0.39, 0.29) is 17.7 Å². The number of carbonyl (C=O) groups is 2. The van der Waals surface area contributed by atoms with Crippen molar-refractivity contribution < 1.29 is 23.5 Å². The number of benzene rings is 1. The van der Waals surface area contributed by atoms with Crippen molar-refractivity contribution in [1.82, 2.24) is 10.2 Å². The standard InChI is InChI=1S/C20H24N2O5/c1-25-16-6-3-7-17(26-2)18(16)20(24)22-10-8-14(9-11-22)19(23)21-13-15-5-4-12-27-15/h3-7,12,14H,8-11,13H2,1-2H3,(H,21,23). The number of ether oxygens (including phenoxy) is 2. The van der Waals surface area contributed by atoms with Crippen LogP contribution in [-0.4, -0.2) is 44.0 Å².